The van der Waals surface area contributed by atoms with Gasteiger partial charge in [-0.1, -0.05) is 70.2 Å². The minimum atomic E-state index is -0.603. The van der Waals surface area contributed by atoms with Crippen LogP contribution in [0.25, 0.3) is 11.1 Å². The predicted octanol–water partition coefficient (Wildman–Crippen LogP) is 6.83. The molecule has 0 saturated heterocycles. The smallest absolute Gasteiger partial charge is 0.120 e. The van der Waals surface area contributed by atoms with Gasteiger partial charge in [0.05, 0.1) is 0 Å². The van der Waals surface area contributed by atoms with Gasteiger partial charge >= 0.3 is 0 Å². The van der Waals surface area contributed by atoms with Crippen LogP contribution in [0.1, 0.15) is 49.9 Å². The Morgan fingerprint density at radius 2 is 0.824 bits per heavy atom. The van der Waals surface area contributed by atoms with Crippen molar-refractivity contribution in [3.05, 3.63) is 107 Å². The van der Waals surface area contributed by atoms with E-state index in [4.69, 9.17) is 0 Å². The van der Waals surface area contributed by atoms with Crippen molar-refractivity contribution in [3.8, 4) is 34.1 Å². The predicted molar refractivity (Wildman–Crippen MR) is 136 cm³/mol. The second-order valence-electron chi connectivity index (χ2n) is 9.77. The van der Waals surface area contributed by atoms with Crippen LogP contribution in [0.5, 0.6) is 23.0 Å². The van der Waals surface area contributed by atoms with E-state index in [1.54, 1.807) is 42.5 Å². The summed E-state index contributed by atoms with van der Waals surface area (Å²) in [6, 6.07) is 24.9. The van der Waals surface area contributed by atoms with Crippen molar-refractivity contribution < 1.29 is 20.4 Å². The Morgan fingerprint density at radius 1 is 0.441 bits per heavy atom. The zero-order valence-corrected chi connectivity index (χ0v) is 19.9. The molecule has 0 heterocycles. The highest BCUT2D eigenvalue weighted by atomic mass is 16.3. The van der Waals surface area contributed by atoms with E-state index in [9.17, 15) is 20.4 Å². The molecule has 0 aliphatic heterocycles. The van der Waals surface area contributed by atoms with Crippen molar-refractivity contribution in [1.29, 1.82) is 0 Å². The Hall–Kier alpha value is -3.92. The van der Waals surface area contributed by atoms with Gasteiger partial charge in [-0.2, -0.15) is 0 Å². The average Bonchev–Trinajstić information content (AvgIpc) is 2.80. The molecule has 4 N–H and O–H groups in total. The molecule has 0 fully saturated rings. The molecule has 174 valence electrons. The van der Waals surface area contributed by atoms with E-state index in [-0.39, 0.29) is 23.0 Å². The summed E-state index contributed by atoms with van der Waals surface area (Å²) in [4.78, 5) is 0. The second-order valence-corrected chi connectivity index (χ2v) is 9.77. The molecule has 0 atom stereocenters. The highest BCUT2D eigenvalue weighted by Crippen LogP contribution is 2.49. The number of phenolic OH excluding ortho intramolecular Hbond substituents is 4. The van der Waals surface area contributed by atoms with Crippen molar-refractivity contribution in [2.24, 2.45) is 0 Å². The molecule has 0 radical (unpaired) electrons. The fourth-order valence-electron chi connectivity index (χ4n) is 4.80. The van der Waals surface area contributed by atoms with E-state index in [1.807, 2.05) is 42.5 Å². The third-order valence-corrected chi connectivity index (χ3v) is 6.79. The average molecular weight is 455 g/mol. The normalized spacial score (nSPS) is 12.0. The first kappa shape index (κ1) is 23.2. The molecule has 4 heteroatoms. The fourth-order valence-corrected chi connectivity index (χ4v) is 4.80. The summed E-state index contributed by atoms with van der Waals surface area (Å²) >= 11 is 0. The monoisotopic (exact) mass is 454 g/mol. The summed E-state index contributed by atoms with van der Waals surface area (Å²) in [6.45, 7) is 8.33. The second kappa shape index (κ2) is 8.45. The molecule has 0 aliphatic carbocycles. The van der Waals surface area contributed by atoms with Gasteiger partial charge in [0.1, 0.15) is 23.0 Å². The molecule has 0 aliphatic rings. The maximum atomic E-state index is 11.3. The Morgan fingerprint density at radius 3 is 1.26 bits per heavy atom. The molecule has 4 rings (SSSR count). The Balaban J connectivity index is 2.06. The van der Waals surface area contributed by atoms with Crippen LogP contribution >= 0.6 is 0 Å². The van der Waals surface area contributed by atoms with Gasteiger partial charge in [-0.25, -0.2) is 0 Å². The highest BCUT2D eigenvalue weighted by Gasteiger charge is 2.37. The van der Waals surface area contributed by atoms with E-state index >= 15 is 0 Å². The lowest BCUT2D eigenvalue weighted by atomic mass is 9.66. The van der Waals surface area contributed by atoms with Gasteiger partial charge in [-0.15, -0.1) is 0 Å². The maximum absolute atomic E-state index is 11.3. The quantitative estimate of drug-likeness (QED) is 0.266. The molecule has 0 spiro atoms. The van der Waals surface area contributed by atoms with E-state index in [2.05, 4.69) is 27.7 Å². The summed E-state index contributed by atoms with van der Waals surface area (Å²) in [5, 5.41) is 40.8. The van der Waals surface area contributed by atoms with Gasteiger partial charge in [0, 0.05) is 16.4 Å². The van der Waals surface area contributed by atoms with E-state index in [0.717, 1.165) is 33.4 Å². The molecule has 0 amide bonds. The van der Waals surface area contributed by atoms with Crippen LogP contribution in [0.3, 0.4) is 0 Å². The largest absolute Gasteiger partial charge is 0.508 e. The number of benzene rings is 4. The topological polar surface area (TPSA) is 80.9 Å². The van der Waals surface area contributed by atoms with Crippen LogP contribution in [0.2, 0.25) is 0 Å². The Kier molecular flexibility index (Phi) is 5.78. The van der Waals surface area contributed by atoms with Gasteiger partial charge in [0.25, 0.3) is 0 Å². The fraction of sp³-hybridized carbons (Fsp3) is 0.200. The lowest BCUT2D eigenvalue weighted by molar-refractivity contribution is 0.445. The molecule has 0 unspecified atom stereocenters. The molecular weight excluding hydrogens is 424 g/mol. The van der Waals surface area contributed by atoms with Gasteiger partial charge in [-0.05, 0) is 70.3 Å². The van der Waals surface area contributed by atoms with Crippen LogP contribution in [0, 0.1) is 0 Å². The van der Waals surface area contributed by atoms with Crippen molar-refractivity contribution in [2.75, 3.05) is 0 Å². The molecular formula is C30H30O4. The van der Waals surface area contributed by atoms with Gasteiger partial charge < -0.3 is 20.4 Å². The third kappa shape index (κ3) is 4.08. The minimum Gasteiger partial charge on any atom is -0.508 e. The number of hydrogen-bond donors (Lipinski definition) is 4. The lowest BCUT2D eigenvalue weighted by Crippen LogP contribution is -2.29. The van der Waals surface area contributed by atoms with E-state index in [0.29, 0.717) is 0 Å². The molecule has 4 nitrogen and oxygen atoms in total. The Labute approximate surface area is 200 Å². The number of hydrogen-bond acceptors (Lipinski definition) is 4. The standard InChI is InChI=1S/C30H30O4/c1-29(2,20-7-13-23(32)14-8-20)27-25(19-5-11-22(31)12-6-19)17-18-26(34)28(27)30(3,4)21-9-15-24(33)16-10-21/h5-18,31-34H,1-4H3. The molecule has 0 saturated carbocycles. The molecule has 0 bridgehead atoms. The lowest BCUT2D eigenvalue weighted by Gasteiger charge is -2.37. The van der Waals surface area contributed by atoms with Gasteiger partial charge in [0.2, 0.25) is 0 Å². The zero-order valence-electron chi connectivity index (χ0n) is 19.9. The van der Waals surface area contributed by atoms with Crippen LogP contribution < -0.4 is 0 Å². The summed E-state index contributed by atoms with van der Waals surface area (Å²) in [6.07, 6.45) is 0. The summed E-state index contributed by atoms with van der Waals surface area (Å²) in [5.74, 6) is 0.749. The van der Waals surface area contributed by atoms with E-state index < -0.39 is 10.8 Å². The van der Waals surface area contributed by atoms with Crippen molar-refractivity contribution in [2.45, 2.75) is 38.5 Å². The zero-order chi connectivity index (χ0) is 24.7. The summed E-state index contributed by atoms with van der Waals surface area (Å²) in [7, 11) is 0. The summed E-state index contributed by atoms with van der Waals surface area (Å²) < 4.78 is 0. The molecule has 34 heavy (non-hydrogen) atoms. The molecule has 4 aromatic rings. The maximum Gasteiger partial charge on any atom is 0.120 e. The summed E-state index contributed by atoms with van der Waals surface area (Å²) in [5.41, 5.74) is 4.37. The highest BCUT2D eigenvalue weighted by molar-refractivity contribution is 5.75. The first-order valence-corrected chi connectivity index (χ1v) is 11.3. The van der Waals surface area contributed by atoms with Gasteiger partial charge in [-0.3, -0.25) is 0 Å². The van der Waals surface area contributed by atoms with Crippen molar-refractivity contribution >= 4 is 0 Å². The minimum absolute atomic E-state index is 0.183. The van der Waals surface area contributed by atoms with Gasteiger partial charge in [0.15, 0.2) is 0 Å². The number of aromatic hydroxyl groups is 4. The van der Waals surface area contributed by atoms with Crippen LogP contribution in [-0.4, -0.2) is 20.4 Å². The SMILES string of the molecule is CC(C)(c1ccc(O)cc1)c1c(O)ccc(-c2ccc(O)cc2)c1C(C)(C)c1ccc(O)cc1. The van der Waals surface area contributed by atoms with Crippen LogP contribution in [0.15, 0.2) is 84.9 Å². The van der Waals surface area contributed by atoms with Crippen LogP contribution in [0.4, 0.5) is 0 Å². The third-order valence-electron chi connectivity index (χ3n) is 6.79. The van der Waals surface area contributed by atoms with E-state index in [1.165, 1.54) is 0 Å². The Bertz CT molecular complexity index is 1300. The molecule has 0 aromatic heterocycles. The number of phenols is 4. The van der Waals surface area contributed by atoms with Crippen LogP contribution in [-0.2, 0) is 10.8 Å². The van der Waals surface area contributed by atoms with Crippen molar-refractivity contribution in [3.63, 3.8) is 0 Å². The first-order chi connectivity index (χ1) is 16.0. The molecule has 4 aromatic carbocycles. The number of rotatable bonds is 5. The van der Waals surface area contributed by atoms with Crippen molar-refractivity contribution in [1.82, 2.24) is 0 Å². The first-order valence-electron chi connectivity index (χ1n) is 11.3.